The average molecular weight is 244 g/mol. The topological polar surface area (TPSA) is 45.5 Å². The molecule has 0 amide bonds. The van der Waals surface area contributed by atoms with Crippen LogP contribution in [0.1, 0.15) is 6.92 Å². The minimum Gasteiger partial charge on any atom is -0.421 e. The summed E-state index contributed by atoms with van der Waals surface area (Å²) >= 11 is 0. The van der Waals surface area contributed by atoms with Crippen LogP contribution in [-0.2, 0) is 0 Å². The lowest BCUT2D eigenvalue weighted by molar-refractivity contribution is 0.476. The molecule has 2 aromatic rings. The number of para-hydroxylation sites is 1. The molecule has 1 saturated heterocycles. The zero-order chi connectivity index (χ0) is 12.5. The predicted octanol–water partition coefficient (Wildman–Crippen LogP) is 1.59. The zero-order valence-corrected chi connectivity index (χ0v) is 10.3. The molecule has 0 radical (unpaired) electrons. The van der Waals surface area contributed by atoms with Crippen molar-refractivity contribution in [2.75, 3.05) is 24.5 Å². The number of fused-ring (bicyclic) bond motifs is 1. The van der Waals surface area contributed by atoms with Gasteiger partial charge in [-0.15, -0.1) is 0 Å². The fourth-order valence-electron chi connectivity index (χ4n) is 2.42. The Morgan fingerprint density at radius 2 is 2.22 bits per heavy atom. The highest BCUT2D eigenvalue weighted by atomic mass is 16.4. The number of hydrogen-bond acceptors (Lipinski definition) is 4. The van der Waals surface area contributed by atoms with Crippen LogP contribution in [0.2, 0.25) is 0 Å². The maximum Gasteiger partial charge on any atom is 0.360 e. The molecule has 1 aromatic carbocycles. The summed E-state index contributed by atoms with van der Waals surface area (Å²) in [5.74, 6) is 0. The lowest BCUT2D eigenvalue weighted by atomic mass is 10.2. The van der Waals surface area contributed by atoms with E-state index in [1.165, 1.54) is 0 Å². The van der Waals surface area contributed by atoms with Gasteiger partial charge in [0.05, 0.1) is 0 Å². The van der Waals surface area contributed by atoms with E-state index >= 15 is 0 Å². The number of piperazine rings is 1. The van der Waals surface area contributed by atoms with Crippen LogP contribution in [0, 0.1) is 0 Å². The number of anilines is 1. The Hall–Kier alpha value is -1.81. The van der Waals surface area contributed by atoms with E-state index in [0.717, 1.165) is 25.0 Å². The lowest BCUT2D eigenvalue weighted by Gasteiger charge is -2.32. The van der Waals surface area contributed by atoms with Gasteiger partial charge in [0.25, 0.3) is 0 Å². The Morgan fingerprint density at radius 1 is 1.39 bits per heavy atom. The van der Waals surface area contributed by atoms with Crippen molar-refractivity contribution in [2.24, 2.45) is 0 Å². The van der Waals surface area contributed by atoms with Crippen LogP contribution >= 0.6 is 0 Å². The van der Waals surface area contributed by atoms with Crippen molar-refractivity contribution in [3.8, 4) is 0 Å². The molecule has 1 aliphatic heterocycles. The van der Waals surface area contributed by atoms with E-state index in [0.29, 0.717) is 17.3 Å². The SMILES string of the molecule is C[C@@H]1CN(c2cc3ccccc3oc2=O)CCN1. The van der Waals surface area contributed by atoms with Crippen molar-refractivity contribution in [3.63, 3.8) is 0 Å². The largest absolute Gasteiger partial charge is 0.421 e. The first-order valence-electron chi connectivity index (χ1n) is 6.25. The van der Waals surface area contributed by atoms with Crippen LogP contribution in [0.25, 0.3) is 11.0 Å². The van der Waals surface area contributed by atoms with Gasteiger partial charge < -0.3 is 14.6 Å². The highest BCUT2D eigenvalue weighted by Crippen LogP contribution is 2.18. The van der Waals surface area contributed by atoms with Gasteiger partial charge in [-0.25, -0.2) is 4.79 Å². The van der Waals surface area contributed by atoms with E-state index in [1.54, 1.807) is 0 Å². The van der Waals surface area contributed by atoms with Gasteiger partial charge in [-0.3, -0.25) is 0 Å². The molecule has 0 bridgehead atoms. The van der Waals surface area contributed by atoms with E-state index in [9.17, 15) is 4.79 Å². The third-order valence-corrected chi connectivity index (χ3v) is 3.33. The molecule has 2 heterocycles. The molecule has 1 aromatic heterocycles. The van der Waals surface area contributed by atoms with Gasteiger partial charge in [-0.05, 0) is 19.1 Å². The first kappa shape index (κ1) is 11.3. The zero-order valence-electron chi connectivity index (χ0n) is 10.3. The maximum atomic E-state index is 12.0. The van der Waals surface area contributed by atoms with Gasteiger partial charge in [0.2, 0.25) is 0 Å². The molecular weight excluding hydrogens is 228 g/mol. The van der Waals surface area contributed by atoms with Crippen LogP contribution < -0.4 is 15.8 Å². The van der Waals surface area contributed by atoms with Crippen molar-refractivity contribution < 1.29 is 4.42 Å². The Morgan fingerprint density at radius 3 is 3.06 bits per heavy atom. The van der Waals surface area contributed by atoms with Crippen LogP contribution in [0.15, 0.2) is 39.5 Å². The molecule has 4 nitrogen and oxygen atoms in total. The fourth-order valence-corrected chi connectivity index (χ4v) is 2.42. The quantitative estimate of drug-likeness (QED) is 0.774. The first-order valence-corrected chi connectivity index (χ1v) is 6.25. The number of nitrogens with zero attached hydrogens (tertiary/aromatic N) is 1. The molecule has 0 unspecified atom stereocenters. The van der Waals surface area contributed by atoms with E-state index in [2.05, 4.69) is 17.1 Å². The molecule has 3 rings (SSSR count). The summed E-state index contributed by atoms with van der Waals surface area (Å²) < 4.78 is 5.36. The van der Waals surface area contributed by atoms with E-state index in [1.807, 2.05) is 30.3 Å². The van der Waals surface area contributed by atoms with Crippen LogP contribution in [-0.4, -0.2) is 25.7 Å². The van der Waals surface area contributed by atoms with Gasteiger partial charge in [0, 0.05) is 31.1 Å². The van der Waals surface area contributed by atoms with E-state index in [-0.39, 0.29) is 5.63 Å². The van der Waals surface area contributed by atoms with Crippen molar-refractivity contribution in [2.45, 2.75) is 13.0 Å². The van der Waals surface area contributed by atoms with Crippen molar-refractivity contribution in [3.05, 3.63) is 40.8 Å². The van der Waals surface area contributed by atoms with Crippen molar-refractivity contribution in [1.29, 1.82) is 0 Å². The summed E-state index contributed by atoms with van der Waals surface area (Å²) in [7, 11) is 0. The van der Waals surface area contributed by atoms with Gasteiger partial charge >= 0.3 is 5.63 Å². The molecule has 18 heavy (non-hydrogen) atoms. The normalized spacial score (nSPS) is 20.3. The highest BCUT2D eigenvalue weighted by molar-refractivity contribution is 5.79. The second kappa shape index (κ2) is 4.46. The van der Waals surface area contributed by atoms with E-state index in [4.69, 9.17) is 4.42 Å². The van der Waals surface area contributed by atoms with Crippen molar-refractivity contribution >= 4 is 16.7 Å². The van der Waals surface area contributed by atoms with Crippen LogP contribution in [0.5, 0.6) is 0 Å². The molecule has 1 fully saturated rings. The Kier molecular flexibility index (Phi) is 2.80. The fraction of sp³-hybridized carbons (Fsp3) is 0.357. The van der Waals surface area contributed by atoms with E-state index < -0.39 is 0 Å². The minimum absolute atomic E-state index is 0.247. The molecular formula is C14H16N2O2. The third kappa shape index (κ3) is 1.99. The summed E-state index contributed by atoms with van der Waals surface area (Å²) in [4.78, 5) is 14.1. The summed E-state index contributed by atoms with van der Waals surface area (Å²) in [6, 6.07) is 9.93. The summed E-state index contributed by atoms with van der Waals surface area (Å²) in [6.07, 6.45) is 0. The first-order chi connectivity index (χ1) is 8.74. The second-order valence-electron chi connectivity index (χ2n) is 4.76. The number of hydrogen-bond donors (Lipinski definition) is 1. The Balaban J connectivity index is 2.05. The summed E-state index contributed by atoms with van der Waals surface area (Å²) in [5, 5.41) is 4.33. The molecule has 1 N–H and O–H groups in total. The number of nitrogens with one attached hydrogen (secondary N) is 1. The molecule has 0 spiro atoms. The highest BCUT2D eigenvalue weighted by Gasteiger charge is 2.19. The Bertz CT molecular complexity index is 620. The molecule has 0 aliphatic carbocycles. The molecule has 0 saturated carbocycles. The Labute approximate surface area is 105 Å². The molecule has 4 heteroatoms. The van der Waals surface area contributed by atoms with Crippen LogP contribution in [0.3, 0.4) is 0 Å². The van der Waals surface area contributed by atoms with Crippen molar-refractivity contribution in [1.82, 2.24) is 5.32 Å². The monoisotopic (exact) mass is 244 g/mol. The number of benzene rings is 1. The van der Waals surface area contributed by atoms with Gasteiger partial charge in [0.15, 0.2) is 0 Å². The maximum absolute atomic E-state index is 12.0. The summed E-state index contributed by atoms with van der Waals surface area (Å²) in [5.41, 5.74) is 1.07. The van der Waals surface area contributed by atoms with Gasteiger partial charge in [-0.1, -0.05) is 18.2 Å². The molecule has 1 atom stereocenters. The third-order valence-electron chi connectivity index (χ3n) is 3.33. The summed E-state index contributed by atoms with van der Waals surface area (Å²) in [6.45, 7) is 4.69. The molecule has 94 valence electrons. The number of rotatable bonds is 1. The second-order valence-corrected chi connectivity index (χ2v) is 4.76. The van der Waals surface area contributed by atoms with Crippen LogP contribution in [0.4, 0.5) is 5.69 Å². The minimum atomic E-state index is -0.247. The predicted molar refractivity (Wildman–Crippen MR) is 72.2 cm³/mol. The van der Waals surface area contributed by atoms with Gasteiger partial charge in [-0.2, -0.15) is 0 Å². The average Bonchev–Trinajstić information content (AvgIpc) is 2.38. The molecule has 1 aliphatic rings. The smallest absolute Gasteiger partial charge is 0.360 e. The standard InChI is InChI=1S/C14H16N2O2/c1-10-9-16(7-6-15-10)12-8-11-4-2-3-5-13(11)18-14(12)17/h2-5,8,10,15H,6-7,9H2,1H3/t10-/m1/s1. The lowest BCUT2D eigenvalue weighted by Crippen LogP contribution is -2.50. The van der Waals surface area contributed by atoms with Gasteiger partial charge in [0.1, 0.15) is 11.3 Å².